The minimum Gasteiger partial charge on any atom is -0.490 e. The first kappa shape index (κ1) is 20.2. The summed E-state index contributed by atoms with van der Waals surface area (Å²) in [5.41, 5.74) is 1.16. The van der Waals surface area contributed by atoms with Crippen LogP contribution in [0.4, 0.5) is 10.1 Å². The standard InChI is InChI=1S/C20H23FN2O4/c1-4-26-17-9-7-14(10-18(17)27-5-2)20(25)22-12-19(24)23-15-8-6-13(3)16(21)11-15/h6-11H,4-5,12H2,1-3H3,(H,22,25)(H,23,24). The number of aryl methyl sites for hydroxylation is 1. The lowest BCUT2D eigenvalue weighted by Crippen LogP contribution is -2.32. The summed E-state index contributed by atoms with van der Waals surface area (Å²) >= 11 is 0. The van der Waals surface area contributed by atoms with Crippen molar-refractivity contribution in [1.29, 1.82) is 0 Å². The van der Waals surface area contributed by atoms with Crippen LogP contribution in [-0.2, 0) is 4.79 Å². The second-order valence-corrected chi connectivity index (χ2v) is 5.72. The summed E-state index contributed by atoms with van der Waals surface area (Å²) in [6.07, 6.45) is 0. The van der Waals surface area contributed by atoms with Gasteiger partial charge in [-0.25, -0.2) is 4.39 Å². The molecular weight excluding hydrogens is 351 g/mol. The lowest BCUT2D eigenvalue weighted by molar-refractivity contribution is -0.115. The van der Waals surface area contributed by atoms with E-state index < -0.39 is 17.6 Å². The second-order valence-electron chi connectivity index (χ2n) is 5.72. The molecule has 0 aliphatic carbocycles. The average Bonchev–Trinajstić information content (AvgIpc) is 2.64. The Labute approximate surface area is 157 Å². The van der Waals surface area contributed by atoms with E-state index in [0.29, 0.717) is 41.5 Å². The van der Waals surface area contributed by atoms with Crippen molar-refractivity contribution >= 4 is 17.5 Å². The highest BCUT2D eigenvalue weighted by atomic mass is 19.1. The van der Waals surface area contributed by atoms with Gasteiger partial charge >= 0.3 is 0 Å². The van der Waals surface area contributed by atoms with Crippen molar-refractivity contribution < 1.29 is 23.5 Å². The second kappa shape index (κ2) is 9.56. The zero-order valence-electron chi connectivity index (χ0n) is 15.6. The van der Waals surface area contributed by atoms with Crippen LogP contribution in [0.2, 0.25) is 0 Å². The number of ether oxygens (including phenoxy) is 2. The number of rotatable bonds is 8. The van der Waals surface area contributed by atoms with Gasteiger partial charge < -0.3 is 20.1 Å². The first-order valence-electron chi connectivity index (χ1n) is 8.68. The third-order valence-corrected chi connectivity index (χ3v) is 3.67. The number of halogens is 1. The minimum atomic E-state index is -0.456. The highest BCUT2D eigenvalue weighted by Gasteiger charge is 2.13. The molecule has 0 aliphatic heterocycles. The topological polar surface area (TPSA) is 76.7 Å². The molecule has 0 spiro atoms. The predicted octanol–water partition coefficient (Wildman–Crippen LogP) is 3.30. The molecule has 0 radical (unpaired) electrons. The van der Waals surface area contributed by atoms with E-state index in [9.17, 15) is 14.0 Å². The number of anilines is 1. The van der Waals surface area contributed by atoms with E-state index in [1.54, 1.807) is 37.3 Å². The number of amides is 2. The predicted molar refractivity (Wildman–Crippen MR) is 101 cm³/mol. The number of benzene rings is 2. The largest absolute Gasteiger partial charge is 0.490 e. The molecule has 144 valence electrons. The van der Waals surface area contributed by atoms with E-state index in [1.807, 2.05) is 13.8 Å². The minimum absolute atomic E-state index is 0.245. The van der Waals surface area contributed by atoms with Crippen LogP contribution >= 0.6 is 0 Å². The van der Waals surface area contributed by atoms with Crippen molar-refractivity contribution in [2.75, 3.05) is 25.1 Å². The summed E-state index contributed by atoms with van der Waals surface area (Å²) in [5.74, 6) is -0.275. The molecule has 6 nitrogen and oxygen atoms in total. The van der Waals surface area contributed by atoms with Crippen LogP contribution in [-0.4, -0.2) is 31.6 Å². The van der Waals surface area contributed by atoms with Gasteiger partial charge in [-0.05, 0) is 56.7 Å². The molecule has 0 saturated carbocycles. The summed E-state index contributed by atoms with van der Waals surface area (Å²) in [6, 6.07) is 9.21. The summed E-state index contributed by atoms with van der Waals surface area (Å²) in [4.78, 5) is 24.2. The van der Waals surface area contributed by atoms with Crippen LogP contribution in [0, 0.1) is 12.7 Å². The lowest BCUT2D eigenvalue weighted by atomic mass is 10.2. The van der Waals surface area contributed by atoms with Crippen LogP contribution in [0.3, 0.4) is 0 Å². The molecule has 0 bridgehead atoms. The van der Waals surface area contributed by atoms with Gasteiger partial charge in [-0.15, -0.1) is 0 Å². The fraction of sp³-hybridized carbons (Fsp3) is 0.300. The normalized spacial score (nSPS) is 10.2. The van der Waals surface area contributed by atoms with Crippen LogP contribution in [0.1, 0.15) is 29.8 Å². The average molecular weight is 374 g/mol. The van der Waals surface area contributed by atoms with Crippen LogP contribution < -0.4 is 20.1 Å². The first-order chi connectivity index (χ1) is 12.9. The Balaban J connectivity index is 1.97. The molecule has 0 aromatic heterocycles. The van der Waals surface area contributed by atoms with Gasteiger partial charge in [-0.1, -0.05) is 6.07 Å². The maximum absolute atomic E-state index is 13.5. The van der Waals surface area contributed by atoms with Gasteiger partial charge in [0.1, 0.15) is 5.82 Å². The van der Waals surface area contributed by atoms with Crippen molar-refractivity contribution in [2.45, 2.75) is 20.8 Å². The summed E-state index contributed by atoms with van der Waals surface area (Å²) in [6.45, 7) is 5.99. The van der Waals surface area contributed by atoms with E-state index in [0.717, 1.165) is 0 Å². The van der Waals surface area contributed by atoms with Crippen molar-refractivity contribution in [2.24, 2.45) is 0 Å². The SMILES string of the molecule is CCOc1ccc(C(=O)NCC(=O)Nc2ccc(C)c(F)c2)cc1OCC. The van der Waals surface area contributed by atoms with E-state index in [4.69, 9.17) is 9.47 Å². The molecule has 2 N–H and O–H groups in total. The molecule has 0 unspecified atom stereocenters. The quantitative estimate of drug-likeness (QED) is 0.743. The number of carbonyl (C=O) groups is 2. The monoisotopic (exact) mass is 374 g/mol. The zero-order chi connectivity index (χ0) is 19.8. The van der Waals surface area contributed by atoms with Gasteiger partial charge in [0.15, 0.2) is 11.5 Å². The molecular formula is C20H23FN2O4. The smallest absolute Gasteiger partial charge is 0.251 e. The van der Waals surface area contributed by atoms with Crippen LogP contribution in [0.5, 0.6) is 11.5 Å². The Bertz CT molecular complexity index is 824. The van der Waals surface area contributed by atoms with Gasteiger partial charge in [0.05, 0.1) is 19.8 Å². The molecule has 2 aromatic carbocycles. The van der Waals surface area contributed by atoms with Crippen molar-refractivity contribution in [3.05, 3.63) is 53.3 Å². The Morgan fingerprint density at radius 1 is 1.00 bits per heavy atom. The molecule has 7 heteroatoms. The fourth-order valence-corrected chi connectivity index (χ4v) is 2.33. The fourth-order valence-electron chi connectivity index (χ4n) is 2.33. The molecule has 2 aromatic rings. The van der Waals surface area contributed by atoms with Gasteiger partial charge in [0.25, 0.3) is 5.91 Å². The third kappa shape index (κ3) is 5.70. The third-order valence-electron chi connectivity index (χ3n) is 3.67. The molecule has 0 saturated heterocycles. The molecule has 0 fully saturated rings. The Hall–Kier alpha value is -3.09. The molecule has 0 atom stereocenters. The number of nitrogens with one attached hydrogen (secondary N) is 2. The van der Waals surface area contributed by atoms with Crippen LogP contribution in [0.25, 0.3) is 0 Å². The molecule has 2 rings (SSSR count). The number of carbonyl (C=O) groups excluding carboxylic acids is 2. The van der Waals surface area contributed by atoms with Crippen molar-refractivity contribution in [3.63, 3.8) is 0 Å². The van der Waals surface area contributed by atoms with Crippen molar-refractivity contribution in [3.8, 4) is 11.5 Å². The van der Waals surface area contributed by atoms with E-state index in [-0.39, 0.29) is 6.54 Å². The maximum Gasteiger partial charge on any atom is 0.251 e. The number of hydrogen-bond acceptors (Lipinski definition) is 4. The van der Waals surface area contributed by atoms with Gasteiger partial charge in [-0.3, -0.25) is 9.59 Å². The summed E-state index contributed by atoms with van der Waals surface area (Å²) in [7, 11) is 0. The highest BCUT2D eigenvalue weighted by molar-refractivity contribution is 5.99. The number of hydrogen-bond donors (Lipinski definition) is 2. The molecule has 0 aliphatic rings. The van der Waals surface area contributed by atoms with Gasteiger partial charge in [-0.2, -0.15) is 0 Å². The summed E-state index contributed by atoms with van der Waals surface area (Å²) in [5, 5.41) is 5.06. The van der Waals surface area contributed by atoms with E-state index in [2.05, 4.69) is 10.6 Å². The Morgan fingerprint density at radius 3 is 2.37 bits per heavy atom. The first-order valence-corrected chi connectivity index (χ1v) is 8.68. The van der Waals surface area contributed by atoms with Crippen molar-refractivity contribution in [1.82, 2.24) is 5.32 Å². The Morgan fingerprint density at radius 2 is 1.70 bits per heavy atom. The van der Waals surface area contributed by atoms with E-state index >= 15 is 0 Å². The zero-order valence-corrected chi connectivity index (χ0v) is 15.6. The highest BCUT2D eigenvalue weighted by Crippen LogP contribution is 2.28. The molecule has 2 amide bonds. The molecule has 27 heavy (non-hydrogen) atoms. The maximum atomic E-state index is 13.5. The van der Waals surface area contributed by atoms with Gasteiger partial charge in [0.2, 0.25) is 5.91 Å². The van der Waals surface area contributed by atoms with Gasteiger partial charge in [0, 0.05) is 11.3 Å². The summed E-state index contributed by atoms with van der Waals surface area (Å²) < 4.78 is 24.5. The Kier molecular flexibility index (Phi) is 7.16. The van der Waals surface area contributed by atoms with Crippen LogP contribution in [0.15, 0.2) is 36.4 Å². The van der Waals surface area contributed by atoms with E-state index in [1.165, 1.54) is 6.07 Å². The lowest BCUT2D eigenvalue weighted by Gasteiger charge is -2.12. The molecule has 0 heterocycles.